The van der Waals surface area contributed by atoms with Gasteiger partial charge in [0.15, 0.2) is 0 Å². The predicted octanol–water partition coefficient (Wildman–Crippen LogP) is 7.14. The van der Waals surface area contributed by atoms with Gasteiger partial charge in [-0.05, 0) is 56.4 Å². The van der Waals surface area contributed by atoms with Crippen molar-refractivity contribution >= 4 is 36.2 Å². The van der Waals surface area contributed by atoms with Gasteiger partial charge in [-0.15, -0.1) is 0 Å². The highest BCUT2D eigenvalue weighted by atomic mass is 31.1. The molecular formula is C29H34N3O3P. The highest BCUT2D eigenvalue weighted by Gasteiger charge is 2.13. The summed E-state index contributed by atoms with van der Waals surface area (Å²) >= 11 is 0. The molecule has 0 radical (unpaired) electrons. The summed E-state index contributed by atoms with van der Waals surface area (Å²) in [5.74, 6) is 0.505. The first-order chi connectivity index (χ1) is 17.2. The minimum Gasteiger partial charge on any atom is -0.513 e. The lowest BCUT2D eigenvalue weighted by Gasteiger charge is -2.15. The molecule has 7 heteroatoms. The Balaban J connectivity index is 0.000000694. The zero-order valence-corrected chi connectivity index (χ0v) is 22.4. The molecule has 0 aliphatic heterocycles. The number of aliphatic hydroxyl groups is 1. The summed E-state index contributed by atoms with van der Waals surface area (Å²) in [6.45, 7) is 16.7. The lowest BCUT2D eigenvalue weighted by Crippen LogP contribution is -2.09. The van der Waals surface area contributed by atoms with Gasteiger partial charge in [0, 0.05) is 39.4 Å². The SMILES string of the molecule is C=C(C)O.C=C(Nc1ccc2nc(-c3c(C)cccc3O)ccc2c1)c1c(O)cncc1PC.CC. The fraction of sp³-hybridized carbons (Fsp3) is 0.172. The van der Waals surface area contributed by atoms with E-state index in [1.807, 2.05) is 69.9 Å². The minimum absolute atomic E-state index is 0.115. The molecule has 4 rings (SSSR count). The third-order valence-electron chi connectivity index (χ3n) is 4.99. The number of benzene rings is 2. The van der Waals surface area contributed by atoms with Gasteiger partial charge in [0.2, 0.25) is 0 Å². The Bertz CT molecular complexity index is 1350. The quantitative estimate of drug-likeness (QED) is 0.171. The first-order valence-corrected chi connectivity index (χ1v) is 13.1. The maximum Gasteiger partial charge on any atom is 0.143 e. The summed E-state index contributed by atoms with van der Waals surface area (Å²) in [4.78, 5) is 8.78. The van der Waals surface area contributed by atoms with Crippen molar-refractivity contribution in [3.05, 3.63) is 91.0 Å². The number of allylic oxidation sites excluding steroid dienone is 1. The third-order valence-corrected chi connectivity index (χ3v) is 5.91. The summed E-state index contributed by atoms with van der Waals surface area (Å²) in [5, 5.41) is 33.5. The average molecular weight is 504 g/mol. The molecule has 0 aliphatic rings. The van der Waals surface area contributed by atoms with Gasteiger partial charge in [-0.1, -0.05) is 53.8 Å². The molecule has 4 aromatic rings. The number of aromatic hydroxyl groups is 2. The second-order valence-electron chi connectivity index (χ2n) is 7.74. The van der Waals surface area contributed by atoms with Crippen molar-refractivity contribution in [3.63, 3.8) is 0 Å². The van der Waals surface area contributed by atoms with E-state index in [-0.39, 0.29) is 17.3 Å². The van der Waals surface area contributed by atoms with Crippen LogP contribution in [0.25, 0.3) is 27.9 Å². The Hall–Kier alpha value is -3.89. The smallest absolute Gasteiger partial charge is 0.143 e. The van der Waals surface area contributed by atoms with Crippen LogP contribution in [0, 0.1) is 6.92 Å². The van der Waals surface area contributed by atoms with Crippen LogP contribution in [0.1, 0.15) is 31.9 Å². The molecule has 188 valence electrons. The third kappa shape index (κ3) is 7.06. The maximum absolute atomic E-state index is 10.2. The number of nitrogens with zero attached hydrogens (tertiary/aromatic N) is 2. The molecule has 0 bridgehead atoms. The molecule has 0 saturated carbocycles. The highest BCUT2D eigenvalue weighted by Crippen LogP contribution is 2.33. The van der Waals surface area contributed by atoms with Crippen molar-refractivity contribution < 1.29 is 15.3 Å². The van der Waals surface area contributed by atoms with Crippen molar-refractivity contribution in [2.75, 3.05) is 12.0 Å². The number of hydrogen-bond donors (Lipinski definition) is 4. The van der Waals surface area contributed by atoms with Crippen LogP contribution in [-0.4, -0.2) is 32.0 Å². The van der Waals surface area contributed by atoms with E-state index in [9.17, 15) is 10.2 Å². The summed E-state index contributed by atoms with van der Waals surface area (Å²) in [7, 11) is 0.492. The van der Waals surface area contributed by atoms with E-state index in [0.717, 1.165) is 38.7 Å². The fourth-order valence-corrected chi connectivity index (χ4v) is 4.25. The number of hydrogen-bond acceptors (Lipinski definition) is 6. The molecule has 0 spiro atoms. The molecule has 0 aliphatic carbocycles. The Kier molecular flexibility index (Phi) is 10.4. The number of aliphatic hydroxyl groups excluding tert-OH is 1. The van der Waals surface area contributed by atoms with Crippen LogP contribution in [-0.2, 0) is 0 Å². The number of aryl methyl sites for hydroxylation is 1. The van der Waals surface area contributed by atoms with Crippen molar-refractivity contribution in [2.24, 2.45) is 0 Å². The predicted molar refractivity (Wildman–Crippen MR) is 155 cm³/mol. The number of pyridine rings is 2. The lowest BCUT2D eigenvalue weighted by molar-refractivity contribution is 0.417. The van der Waals surface area contributed by atoms with Gasteiger partial charge in [0.05, 0.1) is 23.2 Å². The maximum atomic E-state index is 10.2. The molecule has 36 heavy (non-hydrogen) atoms. The topological polar surface area (TPSA) is 98.5 Å². The van der Waals surface area contributed by atoms with Crippen LogP contribution >= 0.6 is 8.58 Å². The second-order valence-corrected chi connectivity index (χ2v) is 8.78. The zero-order chi connectivity index (χ0) is 26.8. The second kappa shape index (κ2) is 13.3. The van der Waals surface area contributed by atoms with E-state index in [1.165, 1.54) is 13.1 Å². The number of fused-ring (bicyclic) bond motifs is 1. The van der Waals surface area contributed by atoms with E-state index in [0.29, 0.717) is 19.8 Å². The number of rotatable bonds is 5. The van der Waals surface area contributed by atoms with Crippen molar-refractivity contribution in [3.8, 4) is 22.8 Å². The van der Waals surface area contributed by atoms with Gasteiger partial charge in [0.25, 0.3) is 0 Å². The molecule has 0 fully saturated rings. The monoisotopic (exact) mass is 503 g/mol. The number of nitrogens with one attached hydrogen (secondary N) is 1. The molecule has 2 aromatic heterocycles. The summed E-state index contributed by atoms with van der Waals surface area (Å²) in [6, 6.07) is 15.2. The van der Waals surface area contributed by atoms with Crippen LogP contribution in [0.5, 0.6) is 11.5 Å². The molecule has 1 unspecified atom stereocenters. The molecular weight excluding hydrogens is 469 g/mol. The van der Waals surface area contributed by atoms with Crippen LogP contribution < -0.4 is 10.6 Å². The van der Waals surface area contributed by atoms with Crippen molar-refractivity contribution in [1.29, 1.82) is 0 Å². The first kappa shape index (κ1) is 28.3. The van der Waals surface area contributed by atoms with Gasteiger partial charge in [-0.3, -0.25) is 4.98 Å². The van der Waals surface area contributed by atoms with E-state index < -0.39 is 0 Å². The van der Waals surface area contributed by atoms with Gasteiger partial charge in [-0.2, -0.15) is 0 Å². The van der Waals surface area contributed by atoms with E-state index in [1.54, 1.807) is 12.3 Å². The van der Waals surface area contributed by atoms with E-state index in [4.69, 9.17) is 10.1 Å². The van der Waals surface area contributed by atoms with Crippen LogP contribution in [0.2, 0.25) is 0 Å². The number of phenols is 1. The Morgan fingerprint density at radius 1 is 0.972 bits per heavy atom. The lowest BCUT2D eigenvalue weighted by atomic mass is 10.0. The standard InChI is InChI=1S/C24H22N3O2P.C3H6O.C2H6/c1-14-5-4-6-20(28)23(14)19-9-7-16-11-17(8-10-18(16)27-19)26-15(2)24-21(29)12-25-13-22(24)30-3;1-3(2)4;1-2/h4-13,26,28-30H,2H2,1,3H3;4H,1H2,2H3;1-2H3. The normalized spacial score (nSPS) is 10.2. The molecule has 6 nitrogen and oxygen atoms in total. The Morgan fingerprint density at radius 2 is 1.67 bits per heavy atom. The highest BCUT2D eigenvalue weighted by molar-refractivity contribution is 7.46. The van der Waals surface area contributed by atoms with Crippen LogP contribution in [0.3, 0.4) is 0 Å². The summed E-state index contributed by atoms with van der Waals surface area (Å²) in [6.07, 6.45) is 3.19. The summed E-state index contributed by atoms with van der Waals surface area (Å²) in [5.41, 5.74) is 5.44. The Morgan fingerprint density at radius 3 is 2.31 bits per heavy atom. The Labute approximate surface area is 214 Å². The van der Waals surface area contributed by atoms with Crippen molar-refractivity contribution in [1.82, 2.24) is 9.97 Å². The average Bonchev–Trinajstić information content (AvgIpc) is 2.84. The van der Waals surface area contributed by atoms with Crippen molar-refractivity contribution in [2.45, 2.75) is 27.7 Å². The van der Waals surface area contributed by atoms with Gasteiger partial charge in [0.1, 0.15) is 11.5 Å². The molecule has 0 saturated heterocycles. The summed E-state index contributed by atoms with van der Waals surface area (Å²) < 4.78 is 0. The molecule has 1 atom stereocenters. The molecule has 0 amide bonds. The minimum atomic E-state index is 0.115. The van der Waals surface area contributed by atoms with Crippen LogP contribution in [0.15, 0.2) is 79.8 Å². The molecule has 2 heterocycles. The van der Waals surface area contributed by atoms with Gasteiger partial charge >= 0.3 is 0 Å². The van der Waals surface area contributed by atoms with Gasteiger partial charge < -0.3 is 20.6 Å². The molecule has 4 N–H and O–H groups in total. The largest absolute Gasteiger partial charge is 0.513 e. The van der Waals surface area contributed by atoms with Crippen LogP contribution in [0.4, 0.5) is 5.69 Å². The zero-order valence-electron chi connectivity index (χ0n) is 21.4. The number of anilines is 1. The van der Waals surface area contributed by atoms with E-state index >= 15 is 0 Å². The molecule has 2 aromatic carbocycles. The number of aromatic nitrogens is 2. The fourth-order valence-electron chi connectivity index (χ4n) is 3.52. The van der Waals surface area contributed by atoms with Gasteiger partial charge in [-0.25, -0.2) is 4.98 Å². The first-order valence-electron chi connectivity index (χ1n) is 11.6. The van der Waals surface area contributed by atoms with E-state index in [2.05, 4.69) is 23.5 Å². The number of phenolic OH excluding ortho intramolecular Hbond substituents is 1.